The van der Waals surface area contributed by atoms with Crippen molar-refractivity contribution in [2.45, 2.75) is 31.3 Å². The molecule has 144 valence electrons. The second-order valence-electron chi connectivity index (χ2n) is 7.34. The largest absolute Gasteiger partial charge is 0.496 e. The minimum absolute atomic E-state index is 0.165. The maximum atomic E-state index is 12.0. The third kappa shape index (κ3) is 3.48. The molecule has 3 aromatic carbocycles. The van der Waals surface area contributed by atoms with Crippen LogP contribution in [0.2, 0.25) is 0 Å². The molecule has 1 fully saturated rings. The Bertz CT molecular complexity index is 984. The van der Waals surface area contributed by atoms with Crippen molar-refractivity contribution < 1.29 is 14.6 Å². The molecule has 4 heteroatoms. The lowest BCUT2D eigenvalue weighted by Gasteiger charge is -2.40. The molecule has 0 aromatic heterocycles. The fourth-order valence-corrected chi connectivity index (χ4v) is 4.35. The van der Waals surface area contributed by atoms with Crippen LogP contribution in [-0.2, 0) is 4.79 Å². The summed E-state index contributed by atoms with van der Waals surface area (Å²) in [5, 5.41) is 12.2. The van der Waals surface area contributed by atoms with Gasteiger partial charge in [-0.2, -0.15) is 0 Å². The van der Waals surface area contributed by atoms with Crippen LogP contribution in [0.1, 0.15) is 36.4 Å². The molecule has 1 aliphatic rings. The summed E-state index contributed by atoms with van der Waals surface area (Å²) >= 11 is 0. The number of carboxylic acid groups (broad SMARTS) is 1. The van der Waals surface area contributed by atoms with E-state index in [0.717, 1.165) is 41.6 Å². The normalized spacial score (nSPS) is 18.7. The number of methoxy groups -OCH3 is 1. The van der Waals surface area contributed by atoms with Gasteiger partial charge in [-0.25, -0.2) is 0 Å². The van der Waals surface area contributed by atoms with Crippen molar-refractivity contribution in [2.24, 2.45) is 0 Å². The lowest BCUT2D eigenvalue weighted by atomic mass is 9.90. The van der Waals surface area contributed by atoms with Gasteiger partial charge in [-0.3, -0.25) is 9.69 Å². The van der Waals surface area contributed by atoms with Crippen molar-refractivity contribution in [2.75, 3.05) is 13.7 Å². The van der Waals surface area contributed by atoms with Crippen molar-refractivity contribution in [1.29, 1.82) is 0 Å². The molecule has 1 N–H and O–H groups in total. The summed E-state index contributed by atoms with van der Waals surface area (Å²) in [4.78, 5) is 14.2. The number of carbonyl (C=O) groups is 1. The van der Waals surface area contributed by atoms with Gasteiger partial charge in [0.1, 0.15) is 11.8 Å². The molecule has 4 nitrogen and oxygen atoms in total. The minimum Gasteiger partial charge on any atom is -0.496 e. The molecule has 2 atom stereocenters. The monoisotopic (exact) mass is 375 g/mol. The number of carboxylic acids is 1. The number of ether oxygens (including phenoxy) is 1. The van der Waals surface area contributed by atoms with Crippen LogP contribution in [0.5, 0.6) is 5.75 Å². The van der Waals surface area contributed by atoms with Crippen molar-refractivity contribution >= 4 is 16.7 Å². The zero-order chi connectivity index (χ0) is 19.5. The van der Waals surface area contributed by atoms with E-state index in [-0.39, 0.29) is 6.04 Å². The molecule has 3 aromatic rings. The minimum atomic E-state index is -0.750. The van der Waals surface area contributed by atoms with E-state index in [9.17, 15) is 9.90 Å². The summed E-state index contributed by atoms with van der Waals surface area (Å²) < 4.78 is 5.65. The third-order valence-electron chi connectivity index (χ3n) is 5.68. The Morgan fingerprint density at radius 2 is 1.79 bits per heavy atom. The average Bonchev–Trinajstić information content (AvgIpc) is 2.74. The number of hydrogen-bond donors (Lipinski definition) is 1. The molecule has 0 saturated carbocycles. The predicted molar refractivity (Wildman–Crippen MR) is 111 cm³/mol. The van der Waals surface area contributed by atoms with Gasteiger partial charge in [-0.15, -0.1) is 0 Å². The Kier molecular flexibility index (Phi) is 5.31. The highest BCUT2D eigenvalue weighted by Gasteiger charge is 2.36. The van der Waals surface area contributed by atoms with Gasteiger partial charge in [-0.1, -0.05) is 61.0 Å². The summed E-state index contributed by atoms with van der Waals surface area (Å²) in [6.45, 7) is 0.756. The Labute approximate surface area is 165 Å². The van der Waals surface area contributed by atoms with Crippen LogP contribution >= 0.6 is 0 Å². The zero-order valence-electron chi connectivity index (χ0n) is 16.0. The van der Waals surface area contributed by atoms with Gasteiger partial charge < -0.3 is 9.84 Å². The number of hydrogen-bond acceptors (Lipinski definition) is 3. The molecule has 0 amide bonds. The number of aliphatic carboxylic acids is 1. The van der Waals surface area contributed by atoms with E-state index >= 15 is 0 Å². The van der Waals surface area contributed by atoms with Crippen LogP contribution in [0.3, 0.4) is 0 Å². The number of benzene rings is 3. The fraction of sp³-hybridized carbons (Fsp3) is 0.292. The zero-order valence-corrected chi connectivity index (χ0v) is 16.0. The maximum absolute atomic E-state index is 12.0. The predicted octanol–water partition coefficient (Wildman–Crippen LogP) is 4.88. The van der Waals surface area contributed by atoms with Gasteiger partial charge in [-0.05, 0) is 47.9 Å². The first-order valence-corrected chi connectivity index (χ1v) is 9.79. The molecule has 1 heterocycles. The van der Waals surface area contributed by atoms with E-state index in [4.69, 9.17) is 4.74 Å². The first kappa shape index (κ1) is 18.5. The number of para-hydroxylation sites is 1. The number of nitrogens with zero attached hydrogens (tertiary/aromatic N) is 1. The van der Waals surface area contributed by atoms with Crippen molar-refractivity contribution in [3.8, 4) is 5.75 Å². The van der Waals surface area contributed by atoms with Gasteiger partial charge in [0.05, 0.1) is 13.2 Å². The number of rotatable bonds is 5. The summed E-state index contributed by atoms with van der Waals surface area (Å²) in [6.07, 6.45) is 2.63. The first-order valence-electron chi connectivity index (χ1n) is 9.79. The van der Waals surface area contributed by atoms with E-state index < -0.39 is 12.0 Å². The average molecular weight is 375 g/mol. The Balaban J connectivity index is 1.88. The lowest BCUT2D eigenvalue weighted by molar-refractivity contribution is -0.145. The summed E-state index contributed by atoms with van der Waals surface area (Å²) in [5.41, 5.74) is 2.10. The van der Waals surface area contributed by atoms with Crippen molar-refractivity contribution in [3.05, 3.63) is 77.9 Å². The highest BCUT2D eigenvalue weighted by atomic mass is 16.5. The molecule has 1 aliphatic heterocycles. The second-order valence-corrected chi connectivity index (χ2v) is 7.34. The fourth-order valence-electron chi connectivity index (χ4n) is 4.35. The smallest absolute Gasteiger partial charge is 0.320 e. The molecular weight excluding hydrogens is 350 g/mol. The topological polar surface area (TPSA) is 49.8 Å². The molecule has 28 heavy (non-hydrogen) atoms. The Morgan fingerprint density at radius 1 is 1.04 bits per heavy atom. The number of likely N-dealkylation sites (tertiary alicyclic amines) is 1. The molecule has 0 bridgehead atoms. The summed E-state index contributed by atoms with van der Waals surface area (Å²) in [5.74, 6) is 0.0377. The second kappa shape index (κ2) is 8.03. The van der Waals surface area contributed by atoms with Crippen molar-refractivity contribution in [1.82, 2.24) is 4.90 Å². The van der Waals surface area contributed by atoms with Gasteiger partial charge >= 0.3 is 5.97 Å². The highest BCUT2D eigenvalue weighted by Crippen LogP contribution is 2.39. The van der Waals surface area contributed by atoms with Crippen LogP contribution < -0.4 is 4.74 Å². The molecule has 0 radical (unpaired) electrons. The molecule has 4 rings (SSSR count). The van der Waals surface area contributed by atoms with Crippen LogP contribution in [0.25, 0.3) is 10.8 Å². The van der Waals surface area contributed by atoms with E-state index in [1.54, 1.807) is 7.11 Å². The lowest BCUT2D eigenvalue weighted by Crippen LogP contribution is -2.46. The number of fused-ring (bicyclic) bond motifs is 1. The summed E-state index contributed by atoms with van der Waals surface area (Å²) in [6, 6.07) is 22.0. The number of piperidine rings is 1. The van der Waals surface area contributed by atoms with E-state index in [1.165, 1.54) is 5.39 Å². The first-order chi connectivity index (χ1) is 13.7. The van der Waals surface area contributed by atoms with E-state index in [0.29, 0.717) is 6.42 Å². The quantitative estimate of drug-likeness (QED) is 0.691. The van der Waals surface area contributed by atoms with Crippen molar-refractivity contribution in [3.63, 3.8) is 0 Å². The molecule has 0 aliphatic carbocycles. The standard InChI is InChI=1S/C24H25NO3/c1-28-22-12-5-4-10-20(22)23(25-15-7-6-11-21(25)24(26)27)19-14-13-17-8-2-3-9-18(17)16-19/h2-5,8-10,12-14,16,21,23H,6-7,11,15H2,1H3,(H,26,27). The maximum Gasteiger partial charge on any atom is 0.320 e. The SMILES string of the molecule is COc1ccccc1C(c1ccc2ccccc2c1)N1CCCCC1C(=O)O. The Morgan fingerprint density at radius 3 is 2.57 bits per heavy atom. The van der Waals surface area contributed by atoms with Crippen LogP contribution in [-0.4, -0.2) is 35.7 Å². The molecule has 2 unspecified atom stereocenters. The van der Waals surface area contributed by atoms with E-state index in [2.05, 4.69) is 35.2 Å². The van der Waals surface area contributed by atoms with Gasteiger partial charge in [0.15, 0.2) is 0 Å². The van der Waals surface area contributed by atoms with Gasteiger partial charge in [0.2, 0.25) is 0 Å². The Hall–Kier alpha value is -2.85. The van der Waals surface area contributed by atoms with Gasteiger partial charge in [0, 0.05) is 5.56 Å². The van der Waals surface area contributed by atoms with Crippen LogP contribution in [0.4, 0.5) is 0 Å². The highest BCUT2D eigenvalue weighted by molar-refractivity contribution is 5.83. The van der Waals surface area contributed by atoms with Crippen LogP contribution in [0.15, 0.2) is 66.7 Å². The molecule has 0 spiro atoms. The third-order valence-corrected chi connectivity index (χ3v) is 5.68. The van der Waals surface area contributed by atoms with Crippen LogP contribution in [0, 0.1) is 0 Å². The summed E-state index contributed by atoms with van der Waals surface area (Å²) in [7, 11) is 1.67. The van der Waals surface area contributed by atoms with E-state index in [1.807, 2.05) is 36.4 Å². The molecular formula is C24H25NO3. The van der Waals surface area contributed by atoms with Gasteiger partial charge in [0.25, 0.3) is 0 Å². The molecule has 1 saturated heterocycles.